The zero-order chi connectivity index (χ0) is 19.2. The van der Waals surface area contributed by atoms with E-state index in [0.717, 1.165) is 10.4 Å². The molecule has 1 aromatic carbocycles. The molecule has 1 atom stereocenters. The van der Waals surface area contributed by atoms with Crippen LogP contribution in [0.2, 0.25) is 0 Å². The predicted octanol–water partition coefficient (Wildman–Crippen LogP) is 4.31. The van der Waals surface area contributed by atoms with Crippen molar-refractivity contribution >= 4 is 41.2 Å². The van der Waals surface area contributed by atoms with E-state index in [0.29, 0.717) is 17.5 Å². The first-order valence-corrected chi connectivity index (χ1v) is 10.1. The standard InChI is InChI=1S/C19H19FN4OS2/c1-13(18(25)24(2)12-14-5-3-6-15(20)11-14)27-19-21-17(22-23-19)9-8-16-7-4-10-26-16/h3-11,13H,12H2,1-2H3,(H,21,22,23)/b9-8+. The summed E-state index contributed by atoms with van der Waals surface area (Å²) in [6.45, 7) is 2.16. The second kappa shape index (κ2) is 8.96. The average Bonchev–Trinajstić information content (AvgIpc) is 3.31. The van der Waals surface area contributed by atoms with Crippen molar-refractivity contribution < 1.29 is 9.18 Å². The van der Waals surface area contributed by atoms with Gasteiger partial charge >= 0.3 is 0 Å². The van der Waals surface area contributed by atoms with E-state index in [2.05, 4.69) is 15.2 Å². The molecule has 0 aliphatic rings. The first-order chi connectivity index (χ1) is 13.0. The van der Waals surface area contributed by atoms with Gasteiger partial charge in [-0.05, 0) is 48.2 Å². The Morgan fingerprint density at radius 2 is 2.22 bits per heavy atom. The first-order valence-electron chi connectivity index (χ1n) is 8.31. The van der Waals surface area contributed by atoms with E-state index in [4.69, 9.17) is 0 Å². The largest absolute Gasteiger partial charge is 0.340 e. The van der Waals surface area contributed by atoms with Gasteiger partial charge in [0.15, 0.2) is 0 Å². The van der Waals surface area contributed by atoms with Crippen LogP contribution in [0.4, 0.5) is 4.39 Å². The second-order valence-electron chi connectivity index (χ2n) is 5.94. The van der Waals surface area contributed by atoms with E-state index < -0.39 is 0 Å². The van der Waals surface area contributed by atoms with Gasteiger partial charge in [0.05, 0.1) is 5.25 Å². The second-order valence-corrected chi connectivity index (χ2v) is 8.22. The zero-order valence-corrected chi connectivity index (χ0v) is 16.6. The van der Waals surface area contributed by atoms with Crippen LogP contribution in [0.15, 0.2) is 46.9 Å². The minimum atomic E-state index is -0.353. The summed E-state index contributed by atoms with van der Waals surface area (Å²) in [7, 11) is 1.71. The molecule has 1 amide bonds. The molecule has 1 unspecified atom stereocenters. The van der Waals surface area contributed by atoms with Crippen LogP contribution in [0.25, 0.3) is 12.2 Å². The van der Waals surface area contributed by atoms with Crippen LogP contribution < -0.4 is 0 Å². The Labute approximate surface area is 165 Å². The van der Waals surface area contributed by atoms with E-state index in [1.807, 2.05) is 36.6 Å². The monoisotopic (exact) mass is 402 g/mol. The Balaban J connectivity index is 1.56. The van der Waals surface area contributed by atoms with Gasteiger partial charge in [-0.15, -0.1) is 16.4 Å². The molecule has 3 aromatic rings. The van der Waals surface area contributed by atoms with Gasteiger partial charge in [-0.2, -0.15) is 0 Å². The van der Waals surface area contributed by atoms with Crippen LogP contribution in [0.1, 0.15) is 23.2 Å². The number of halogens is 1. The number of aromatic amines is 1. The van der Waals surface area contributed by atoms with Crippen molar-refractivity contribution in [2.24, 2.45) is 0 Å². The van der Waals surface area contributed by atoms with Gasteiger partial charge in [0, 0.05) is 18.5 Å². The Bertz CT molecular complexity index is 923. The lowest BCUT2D eigenvalue weighted by atomic mass is 10.2. The van der Waals surface area contributed by atoms with Gasteiger partial charge in [-0.1, -0.05) is 30.0 Å². The fraction of sp³-hybridized carbons (Fsp3) is 0.211. The number of benzene rings is 1. The summed E-state index contributed by atoms with van der Waals surface area (Å²) in [6.07, 6.45) is 3.81. The number of rotatable bonds is 7. The molecule has 0 aliphatic carbocycles. The number of amides is 1. The molecule has 0 saturated carbocycles. The van der Waals surface area contributed by atoms with Crippen LogP contribution in [0.3, 0.4) is 0 Å². The van der Waals surface area contributed by atoms with Gasteiger partial charge in [0.2, 0.25) is 11.1 Å². The highest BCUT2D eigenvalue weighted by atomic mass is 32.2. The molecule has 2 heterocycles. The SMILES string of the molecule is CC(Sc1n[nH]c(/C=C/c2cccs2)n1)C(=O)N(C)Cc1cccc(F)c1. The van der Waals surface area contributed by atoms with Crippen LogP contribution >= 0.6 is 23.1 Å². The van der Waals surface area contributed by atoms with Gasteiger partial charge in [0.25, 0.3) is 0 Å². The smallest absolute Gasteiger partial charge is 0.235 e. The molecule has 0 aliphatic heterocycles. The van der Waals surface area contributed by atoms with Gasteiger partial charge in [-0.25, -0.2) is 9.37 Å². The maximum atomic E-state index is 13.3. The Kier molecular flexibility index (Phi) is 6.41. The summed E-state index contributed by atoms with van der Waals surface area (Å²) >= 11 is 2.93. The number of H-pyrrole nitrogens is 1. The Morgan fingerprint density at radius 1 is 1.37 bits per heavy atom. The number of nitrogens with one attached hydrogen (secondary N) is 1. The van der Waals surface area contributed by atoms with Crippen LogP contribution in [0, 0.1) is 5.82 Å². The molecule has 0 radical (unpaired) electrons. The lowest BCUT2D eigenvalue weighted by Crippen LogP contribution is -2.32. The zero-order valence-electron chi connectivity index (χ0n) is 14.9. The number of hydrogen-bond donors (Lipinski definition) is 1. The molecule has 2 aromatic heterocycles. The molecule has 0 spiro atoms. The molecule has 0 fully saturated rings. The fourth-order valence-electron chi connectivity index (χ4n) is 2.44. The van der Waals surface area contributed by atoms with Gasteiger partial charge < -0.3 is 4.90 Å². The maximum Gasteiger partial charge on any atom is 0.235 e. The first kappa shape index (κ1) is 19.3. The van der Waals surface area contributed by atoms with Crippen molar-refractivity contribution in [3.05, 3.63) is 63.9 Å². The predicted molar refractivity (Wildman–Crippen MR) is 108 cm³/mol. The van der Waals surface area contributed by atoms with E-state index in [1.165, 1.54) is 23.9 Å². The van der Waals surface area contributed by atoms with Crippen LogP contribution in [0.5, 0.6) is 0 Å². The van der Waals surface area contributed by atoms with E-state index in [1.54, 1.807) is 35.4 Å². The minimum absolute atomic E-state index is 0.0651. The number of nitrogens with zero attached hydrogens (tertiary/aromatic N) is 3. The highest BCUT2D eigenvalue weighted by Crippen LogP contribution is 2.22. The van der Waals surface area contributed by atoms with Crippen LogP contribution in [-0.2, 0) is 11.3 Å². The Hall–Kier alpha value is -2.45. The lowest BCUT2D eigenvalue weighted by molar-refractivity contribution is -0.129. The van der Waals surface area contributed by atoms with Crippen LogP contribution in [-0.4, -0.2) is 38.3 Å². The molecule has 3 rings (SSSR count). The summed E-state index contributed by atoms with van der Waals surface area (Å²) in [6, 6.07) is 10.3. The van der Waals surface area contributed by atoms with Crippen molar-refractivity contribution in [3.63, 3.8) is 0 Å². The van der Waals surface area contributed by atoms with Crippen molar-refractivity contribution in [2.75, 3.05) is 7.05 Å². The lowest BCUT2D eigenvalue weighted by Gasteiger charge is -2.20. The number of carbonyl (C=O) groups is 1. The molecule has 8 heteroatoms. The third-order valence-electron chi connectivity index (χ3n) is 3.75. The van der Waals surface area contributed by atoms with Crippen molar-refractivity contribution in [2.45, 2.75) is 23.9 Å². The van der Waals surface area contributed by atoms with Crippen molar-refractivity contribution in [1.82, 2.24) is 20.1 Å². The molecule has 140 valence electrons. The minimum Gasteiger partial charge on any atom is -0.340 e. The summed E-state index contributed by atoms with van der Waals surface area (Å²) < 4.78 is 13.3. The molecular formula is C19H19FN4OS2. The summed E-state index contributed by atoms with van der Waals surface area (Å²) in [5.74, 6) is 0.267. The number of thioether (sulfide) groups is 1. The average molecular weight is 403 g/mol. The highest BCUT2D eigenvalue weighted by Gasteiger charge is 2.20. The normalized spacial score (nSPS) is 12.4. The highest BCUT2D eigenvalue weighted by molar-refractivity contribution is 8.00. The molecule has 27 heavy (non-hydrogen) atoms. The van der Waals surface area contributed by atoms with E-state index >= 15 is 0 Å². The van der Waals surface area contributed by atoms with Crippen molar-refractivity contribution in [3.8, 4) is 0 Å². The third-order valence-corrected chi connectivity index (χ3v) is 5.53. The number of carbonyl (C=O) groups excluding carboxylic acids is 1. The molecule has 0 bridgehead atoms. The molecular weight excluding hydrogens is 383 g/mol. The van der Waals surface area contributed by atoms with Gasteiger partial charge in [0.1, 0.15) is 11.6 Å². The maximum absolute atomic E-state index is 13.3. The van der Waals surface area contributed by atoms with E-state index in [-0.39, 0.29) is 17.0 Å². The summed E-state index contributed by atoms with van der Waals surface area (Å²) in [5.41, 5.74) is 0.752. The topological polar surface area (TPSA) is 61.9 Å². The number of hydrogen-bond acceptors (Lipinski definition) is 5. The number of aromatic nitrogens is 3. The van der Waals surface area contributed by atoms with E-state index in [9.17, 15) is 9.18 Å². The molecule has 5 nitrogen and oxygen atoms in total. The quantitative estimate of drug-likeness (QED) is 0.598. The molecule has 0 saturated heterocycles. The molecule has 1 N–H and O–H groups in total. The summed E-state index contributed by atoms with van der Waals surface area (Å²) in [4.78, 5) is 19.6. The van der Waals surface area contributed by atoms with Crippen molar-refractivity contribution in [1.29, 1.82) is 0 Å². The third kappa shape index (κ3) is 5.51. The van der Waals surface area contributed by atoms with Gasteiger partial charge in [-0.3, -0.25) is 9.89 Å². The summed E-state index contributed by atoms with van der Waals surface area (Å²) in [5, 5.41) is 9.18. The fourth-order valence-corrected chi connectivity index (χ4v) is 3.90. The Morgan fingerprint density at radius 3 is 2.96 bits per heavy atom. The number of thiophene rings is 1.